The van der Waals surface area contributed by atoms with E-state index in [-0.39, 0.29) is 28.7 Å². The number of hydrogen-bond donors (Lipinski definition) is 1. The quantitative estimate of drug-likeness (QED) is 0.228. The lowest BCUT2D eigenvalue weighted by Gasteiger charge is -2.14. The molecule has 0 bridgehead atoms. The van der Waals surface area contributed by atoms with Crippen molar-refractivity contribution in [2.75, 3.05) is 41.6 Å². The van der Waals surface area contributed by atoms with E-state index in [9.17, 15) is 14.9 Å². The van der Waals surface area contributed by atoms with Gasteiger partial charge in [0, 0.05) is 13.2 Å². The van der Waals surface area contributed by atoms with Crippen LogP contribution in [0.4, 0.5) is 0 Å². The van der Waals surface area contributed by atoms with E-state index in [0.717, 1.165) is 12.8 Å². The highest BCUT2D eigenvalue weighted by Crippen LogP contribution is 2.39. The summed E-state index contributed by atoms with van der Waals surface area (Å²) < 4.78 is 32.2. The van der Waals surface area contributed by atoms with Gasteiger partial charge in [-0.05, 0) is 48.7 Å². The number of hydrogen-bond acceptors (Lipinski definition) is 9. The van der Waals surface area contributed by atoms with Crippen LogP contribution in [0.1, 0.15) is 28.8 Å². The summed E-state index contributed by atoms with van der Waals surface area (Å²) in [4.78, 5) is 25.3. The number of rotatable bonds is 10. The summed E-state index contributed by atoms with van der Waals surface area (Å²) in [5.41, 5.74) is 0.616. The highest BCUT2D eigenvalue weighted by atomic mass is 16.6. The van der Waals surface area contributed by atoms with E-state index in [1.807, 2.05) is 6.07 Å². The van der Waals surface area contributed by atoms with Crippen molar-refractivity contribution in [2.24, 2.45) is 0 Å². The first-order valence-corrected chi connectivity index (χ1v) is 11.2. The van der Waals surface area contributed by atoms with Crippen molar-refractivity contribution in [3.05, 3.63) is 47.0 Å². The first-order chi connectivity index (χ1) is 17.4. The molecule has 0 aliphatic carbocycles. The largest absolute Gasteiger partial charge is 0.493 e. The predicted molar refractivity (Wildman–Crippen MR) is 130 cm³/mol. The fourth-order valence-electron chi connectivity index (χ4n) is 3.64. The van der Waals surface area contributed by atoms with Gasteiger partial charge in [0.25, 0.3) is 5.91 Å². The lowest BCUT2D eigenvalue weighted by atomic mass is 10.1. The number of nitriles is 1. The van der Waals surface area contributed by atoms with Crippen molar-refractivity contribution >= 4 is 18.0 Å². The van der Waals surface area contributed by atoms with E-state index < -0.39 is 11.9 Å². The Morgan fingerprint density at radius 2 is 1.72 bits per heavy atom. The van der Waals surface area contributed by atoms with Gasteiger partial charge in [-0.15, -0.1) is 0 Å². The zero-order valence-electron chi connectivity index (χ0n) is 20.6. The van der Waals surface area contributed by atoms with Gasteiger partial charge >= 0.3 is 5.97 Å². The van der Waals surface area contributed by atoms with Crippen molar-refractivity contribution < 1.29 is 38.0 Å². The van der Waals surface area contributed by atoms with Crippen LogP contribution in [0.2, 0.25) is 0 Å². The number of carbonyl (C=O) groups excluding carboxylic acids is 2. The molecule has 1 saturated heterocycles. The predicted octanol–water partition coefficient (Wildman–Crippen LogP) is 3.14. The molecular weight excluding hydrogens is 468 g/mol. The molecule has 3 rings (SSSR count). The van der Waals surface area contributed by atoms with Gasteiger partial charge in [0.1, 0.15) is 11.6 Å². The van der Waals surface area contributed by atoms with Crippen LogP contribution < -0.4 is 29.0 Å². The number of nitrogens with one attached hydrogen (secondary N) is 1. The number of ether oxygens (including phenoxy) is 6. The molecule has 0 saturated carbocycles. The SMILES string of the molecule is COc1cc(C=C(C#N)C(=O)NCC2CCCO2)ccc1OC(=O)c1cc(OC)c(OC)c(OC)c1. The van der Waals surface area contributed by atoms with Crippen LogP contribution in [0.3, 0.4) is 0 Å². The van der Waals surface area contributed by atoms with Gasteiger partial charge in [-0.2, -0.15) is 5.26 Å². The van der Waals surface area contributed by atoms with Gasteiger partial charge in [0.2, 0.25) is 5.75 Å². The molecule has 0 aromatic heterocycles. The minimum atomic E-state index is -0.679. The topological polar surface area (TPSA) is 125 Å². The number of esters is 1. The molecule has 1 heterocycles. The molecule has 10 nitrogen and oxygen atoms in total. The smallest absolute Gasteiger partial charge is 0.343 e. The molecular formula is C26H28N2O8. The first-order valence-electron chi connectivity index (χ1n) is 11.2. The Morgan fingerprint density at radius 1 is 1.03 bits per heavy atom. The molecule has 1 N–H and O–H groups in total. The maximum Gasteiger partial charge on any atom is 0.343 e. The molecule has 1 aliphatic heterocycles. The third-order valence-electron chi connectivity index (χ3n) is 5.48. The summed E-state index contributed by atoms with van der Waals surface area (Å²) >= 11 is 0. The Kier molecular flexibility index (Phi) is 9.13. The Labute approximate surface area is 209 Å². The number of methoxy groups -OCH3 is 4. The maximum atomic E-state index is 12.8. The van der Waals surface area contributed by atoms with Crippen LogP contribution in [-0.2, 0) is 9.53 Å². The zero-order chi connectivity index (χ0) is 26.1. The monoisotopic (exact) mass is 496 g/mol. The van der Waals surface area contributed by atoms with Crippen LogP contribution in [0.25, 0.3) is 6.08 Å². The van der Waals surface area contributed by atoms with Crippen molar-refractivity contribution in [3.63, 3.8) is 0 Å². The number of benzene rings is 2. The van der Waals surface area contributed by atoms with Gasteiger partial charge in [-0.25, -0.2) is 4.79 Å². The van der Waals surface area contributed by atoms with Crippen molar-refractivity contribution in [1.82, 2.24) is 5.32 Å². The molecule has 36 heavy (non-hydrogen) atoms. The van der Waals surface area contributed by atoms with Gasteiger partial charge in [-0.1, -0.05) is 6.07 Å². The lowest BCUT2D eigenvalue weighted by Crippen LogP contribution is -2.32. The summed E-state index contributed by atoms with van der Waals surface area (Å²) in [5, 5.41) is 12.2. The Morgan fingerprint density at radius 3 is 2.28 bits per heavy atom. The molecule has 2 aromatic carbocycles. The fourth-order valence-corrected chi connectivity index (χ4v) is 3.64. The normalized spacial score (nSPS) is 15.0. The van der Waals surface area contributed by atoms with Crippen LogP contribution >= 0.6 is 0 Å². The van der Waals surface area contributed by atoms with Crippen LogP contribution in [0, 0.1) is 11.3 Å². The standard InChI is InChI=1S/C26H28N2O8/c1-31-21-11-16(10-18(14-27)25(29)28-15-19-6-5-9-35-19)7-8-20(21)36-26(30)17-12-22(32-2)24(34-4)23(13-17)33-3/h7-8,10-13,19H,5-6,9,15H2,1-4H3,(H,28,29). The average molecular weight is 497 g/mol. The van der Waals surface area contributed by atoms with E-state index >= 15 is 0 Å². The molecule has 1 fully saturated rings. The Bertz CT molecular complexity index is 1150. The average Bonchev–Trinajstić information content (AvgIpc) is 3.43. The van der Waals surface area contributed by atoms with E-state index in [0.29, 0.717) is 36.0 Å². The first kappa shape index (κ1) is 26.4. The van der Waals surface area contributed by atoms with Crippen LogP contribution in [-0.4, -0.2) is 59.6 Å². The number of carbonyl (C=O) groups is 2. The Balaban J connectivity index is 1.78. The highest BCUT2D eigenvalue weighted by Gasteiger charge is 2.20. The van der Waals surface area contributed by atoms with Gasteiger partial charge < -0.3 is 33.7 Å². The van der Waals surface area contributed by atoms with E-state index in [4.69, 9.17) is 28.4 Å². The minimum Gasteiger partial charge on any atom is -0.493 e. The Hall–Kier alpha value is -4.23. The van der Waals surface area contributed by atoms with Gasteiger partial charge in [-0.3, -0.25) is 4.79 Å². The third kappa shape index (κ3) is 6.25. The number of nitrogens with zero attached hydrogens (tertiary/aromatic N) is 1. The number of amides is 1. The highest BCUT2D eigenvalue weighted by molar-refractivity contribution is 6.01. The van der Waals surface area contributed by atoms with Gasteiger partial charge in [0.15, 0.2) is 23.0 Å². The maximum absolute atomic E-state index is 12.8. The van der Waals surface area contributed by atoms with Crippen LogP contribution in [0.15, 0.2) is 35.9 Å². The summed E-state index contributed by atoms with van der Waals surface area (Å²) in [6.45, 7) is 1.02. The zero-order valence-corrected chi connectivity index (χ0v) is 20.6. The summed E-state index contributed by atoms with van der Waals surface area (Å²) in [6, 6.07) is 9.53. The van der Waals surface area contributed by atoms with E-state index in [1.165, 1.54) is 52.7 Å². The molecule has 0 spiro atoms. The molecule has 1 aliphatic rings. The summed E-state index contributed by atoms with van der Waals surface area (Å²) in [7, 11) is 5.77. The lowest BCUT2D eigenvalue weighted by molar-refractivity contribution is -0.117. The second-order valence-corrected chi connectivity index (χ2v) is 7.73. The molecule has 1 amide bonds. The van der Waals surface area contributed by atoms with Crippen molar-refractivity contribution in [1.29, 1.82) is 5.26 Å². The van der Waals surface area contributed by atoms with Gasteiger partial charge in [0.05, 0.1) is 40.1 Å². The van der Waals surface area contributed by atoms with E-state index in [2.05, 4.69) is 5.32 Å². The van der Waals surface area contributed by atoms with E-state index in [1.54, 1.807) is 12.1 Å². The molecule has 2 aromatic rings. The fraction of sp³-hybridized carbons (Fsp3) is 0.346. The molecule has 10 heteroatoms. The summed E-state index contributed by atoms with van der Waals surface area (Å²) in [6.07, 6.45) is 3.23. The van der Waals surface area contributed by atoms with Crippen molar-refractivity contribution in [2.45, 2.75) is 18.9 Å². The second-order valence-electron chi connectivity index (χ2n) is 7.73. The third-order valence-corrected chi connectivity index (χ3v) is 5.48. The minimum absolute atomic E-state index is 0.0337. The second kappa shape index (κ2) is 12.5. The van der Waals surface area contributed by atoms with Crippen LogP contribution in [0.5, 0.6) is 28.7 Å². The molecule has 0 radical (unpaired) electrons. The summed E-state index contributed by atoms with van der Waals surface area (Å²) in [5.74, 6) is 0.165. The molecule has 190 valence electrons. The molecule has 1 atom stereocenters. The van der Waals surface area contributed by atoms with Crippen molar-refractivity contribution in [3.8, 4) is 34.8 Å². The molecule has 1 unspecified atom stereocenters.